The molecule has 0 aliphatic carbocycles. The van der Waals surface area contributed by atoms with Crippen LogP contribution >= 0.6 is 11.3 Å². The second-order valence-corrected chi connectivity index (χ2v) is 7.89. The largest absolute Gasteiger partial charge is 0.350 e. The molecule has 2 aromatic rings. The van der Waals surface area contributed by atoms with Crippen molar-refractivity contribution >= 4 is 32.7 Å². The van der Waals surface area contributed by atoms with Gasteiger partial charge in [-0.05, 0) is 32.9 Å². The van der Waals surface area contributed by atoms with Crippen molar-refractivity contribution in [3.63, 3.8) is 0 Å². The molecule has 0 saturated carbocycles. The zero-order valence-electron chi connectivity index (χ0n) is 13.9. The van der Waals surface area contributed by atoms with Crippen LogP contribution in [0.3, 0.4) is 0 Å². The van der Waals surface area contributed by atoms with Gasteiger partial charge in [-0.25, -0.2) is 4.98 Å². The molecule has 1 N–H and O–H groups in total. The summed E-state index contributed by atoms with van der Waals surface area (Å²) in [6.07, 6.45) is 1.78. The first kappa shape index (κ1) is 16.1. The predicted octanol–water partition coefficient (Wildman–Crippen LogP) is 1.73. The standard InChI is InChI=1S/C16H23N5OS/c1-16(2,3)19-13(22)11-20-7-9-21(10-8-20)15-18-14-12(23-15)5-4-6-17-14/h4-6H,7-11H2,1-3H3,(H,19,22). The number of amides is 1. The number of piperazine rings is 1. The van der Waals surface area contributed by atoms with Crippen molar-refractivity contribution < 1.29 is 4.79 Å². The SMILES string of the molecule is CC(C)(C)NC(=O)CN1CCN(c2nc3ncccc3s2)CC1. The van der Waals surface area contributed by atoms with E-state index in [1.54, 1.807) is 17.5 Å². The number of carbonyl (C=O) groups is 1. The number of nitrogens with zero attached hydrogens (tertiary/aromatic N) is 4. The summed E-state index contributed by atoms with van der Waals surface area (Å²) in [6.45, 7) is 10.0. The summed E-state index contributed by atoms with van der Waals surface area (Å²) < 4.78 is 1.12. The van der Waals surface area contributed by atoms with E-state index >= 15 is 0 Å². The molecule has 23 heavy (non-hydrogen) atoms. The third-order valence-corrected chi connectivity index (χ3v) is 4.75. The van der Waals surface area contributed by atoms with Crippen LogP contribution in [0.2, 0.25) is 0 Å². The maximum absolute atomic E-state index is 12.0. The molecule has 3 heterocycles. The fourth-order valence-electron chi connectivity index (χ4n) is 2.65. The average molecular weight is 333 g/mol. The minimum absolute atomic E-state index is 0.0927. The van der Waals surface area contributed by atoms with Crippen molar-refractivity contribution in [1.29, 1.82) is 0 Å². The Kier molecular flexibility index (Phi) is 4.50. The van der Waals surface area contributed by atoms with Gasteiger partial charge in [0.1, 0.15) is 0 Å². The van der Waals surface area contributed by atoms with Crippen LogP contribution in [0.4, 0.5) is 5.13 Å². The molecule has 1 aliphatic rings. The van der Waals surface area contributed by atoms with Gasteiger partial charge in [-0.15, -0.1) is 0 Å². The van der Waals surface area contributed by atoms with Crippen LogP contribution in [0, 0.1) is 0 Å². The molecule has 1 fully saturated rings. The van der Waals surface area contributed by atoms with Crippen LogP contribution in [0.15, 0.2) is 18.3 Å². The topological polar surface area (TPSA) is 61.4 Å². The molecule has 0 bridgehead atoms. The number of pyridine rings is 1. The van der Waals surface area contributed by atoms with Gasteiger partial charge >= 0.3 is 0 Å². The Bertz CT molecular complexity index is 652. The van der Waals surface area contributed by atoms with Gasteiger partial charge in [0.25, 0.3) is 0 Å². The number of hydrogen-bond donors (Lipinski definition) is 1. The second kappa shape index (κ2) is 6.41. The summed E-state index contributed by atoms with van der Waals surface area (Å²) in [4.78, 5) is 25.4. The fraction of sp³-hybridized carbons (Fsp3) is 0.562. The monoisotopic (exact) mass is 333 g/mol. The van der Waals surface area contributed by atoms with E-state index in [9.17, 15) is 4.79 Å². The molecule has 0 unspecified atom stereocenters. The number of aromatic nitrogens is 2. The summed E-state index contributed by atoms with van der Waals surface area (Å²) >= 11 is 1.68. The van der Waals surface area contributed by atoms with Crippen molar-refractivity contribution in [3.05, 3.63) is 18.3 Å². The molecule has 7 heteroatoms. The number of nitrogens with one attached hydrogen (secondary N) is 1. The molecular formula is C16H23N5OS. The van der Waals surface area contributed by atoms with Gasteiger partial charge in [0.05, 0.1) is 11.2 Å². The van der Waals surface area contributed by atoms with Gasteiger partial charge in [0, 0.05) is 37.9 Å². The fourth-order valence-corrected chi connectivity index (χ4v) is 3.63. The Morgan fingerprint density at radius 2 is 2.04 bits per heavy atom. The summed E-state index contributed by atoms with van der Waals surface area (Å²) in [7, 11) is 0. The van der Waals surface area contributed by atoms with Crippen LogP contribution < -0.4 is 10.2 Å². The van der Waals surface area contributed by atoms with Crippen molar-refractivity contribution in [2.24, 2.45) is 0 Å². The lowest BCUT2D eigenvalue weighted by Gasteiger charge is -2.34. The molecule has 3 rings (SSSR count). The van der Waals surface area contributed by atoms with Gasteiger partial charge in [-0.3, -0.25) is 9.69 Å². The smallest absolute Gasteiger partial charge is 0.234 e. The molecule has 1 saturated heterocycles. The molecule has 0 aromatic carbocycles. The number of rotatable bonds is 3. The van der Waals surface area contributed by atoms with Crippen LogP contribution in [0.25, 0.3) is 10.3 Å². The molecule has 1 amide bonds. The van der Waals surface area contributed by atoms with E-state index in [4.69, 9.17) is 0 Å². The number of fused-ring (bicyclic) bond motifs is 1. The Balaban J connectivity index is 1.55. The van der Waals surface area contributed by atoms with E-state index in [1.165, 1.54) is 0 Å². The van der Waals surface area contributed by atoms with Crippen LogP contribution in [0.5, 0.6) is 0 Å². The lowest BCUT2D eigenvalue weighted by molar-refractivity contribution is -0.123. The quantitative estimate of drug-likeness (QED) is 0.927. The minimum atomic E-state index is -0.174. The third-order valence-electron chi connectivity index (χ3n) is 3.68. The number of carbonyl (C=O) groups excluding carboxylic acids is 1. The zero-order valence-corrected chi connectivity index (χ0v) is 14.7. The van der Waals surface area contributed by atoms with Gasteiger partial charge in [0.15, 0.2) is 10.8 Å². The first-order valence-electron chi connectivity index (χ1n) is 7.91. The highest BCUT2D eigenvalue weighted by atomic mass is 32.1. The van der Waals surface area contributed by atoms with Gasteiger partial charge in [0.2, 0.25) is 5.91 Å². The highest BCUT2D eigenvalue weighted by Crippen LogP contribution is 2.27. The van der Waals surface area contributed by atoms with E-state index in [0.717, 1.165) is 41.7 Å². The van der Waals surface area contributed by atoms with E-state index in [1.807, 2.05) is 26.8 Å². The maximum Gasteiger partial charge on any atom is 0.234 e. The first-order chi connectivity index (χ1) is 10.9. The highest BCUT2D eigenvalue weighted by molar-refractivity contribution is 7.22. The third kappa shape index (κ3) is 4.17. The molecule has 1 aliphatic heterocycles. The molecular weight excluding hydrogens is 310 g/mol. The minimum Gasteiger partial charge on any atom is -0.350 e. The summed E-state index contributed by atoms with van der Waals surface area (Å²) in [6, 6.07) is 3.99. The van der Waals surface area contributed by atoms with Crippen LogP contribution in [-0.2, 0) is 4.79 Å². The summed E-state index contributed by atoms with van der Waals surface area (Å²) in [5.74, 6) is 0.0927. The van der Waals surface area contributed by atoms with Crippen molar-refractivity contribution in [2.75, 3.05) is 37.6 Å². The Morgan fingerprint density at radius 3 is 2.70 bits per heavy atom. The number of anilines is 1. The molecule has 0 spiro atoms. The van der Waals surface area contributed by atoms with E-state index in [2.05, 4.69) is 31.2 Å². The van der Waals surface area contributed by atoms with Crippen LogP contribution in [-0.4, -0.2) is 59.0 Å². The lowest BCUT2D eigenvalue weighted by Crippen LogP contribution is -2.51. The Morgan fingerprint density at radius 1 is 1.30 bits per heavy atom. The first-order valence-corrected chi connectivity index (χ1v) is 8.72. The predicted molar refractivity (Wildman–Crippen MR) is 94.0 cm³/mol. The van der Waals surface area contributed by atoms with E-state index < -0.39 is 0 Å². The van der Waals surface area contributed by atoms with E-state index in [0.29, 0.717) is 6.54 Å². The number of thiazole rings is 1. The molecule has 0 atom stereocenters. The normalized spacial score (nSPS) is 16.7. The van der Waals surface area contributed by atoms with Crippen molar-refractivity contribution in [1.82, 2.24) is 20.2 Å². The summed E-state index contributed by atoms with van der Waals surface area (Å²) in [5, 5.41) is 4.04. The van der Waals surface area contributed by atoms with Crippen molar-refractivity contribution in [3.8, 4) is 0 Å². The second-order valence-electron chi connectivity index (χ2n) is 6.88. The van der Waals surface area contributed by atoms with E-state index in [-0.39, 0.29) is 11.4 Å². The number of hydrogen-bond acceptors (Lipinski definition) is 6. The summed E-state index contributed by atoms with van der Waals surface area (Å²) in [5.41, 5.74) is 0.645. The average Bonchev–Trinajstić information content (AvgIpc) is 2.89. The Labute approximate surface area is 140 Å². The molecule has 0 radical (unpaired) electrons. The van der Waals surface area contributed by atoms with Gasteiger partial charge in [-0.2, -0.15) is 4.98 Å². The van der Waals surface area contributed by atoms with Gasteiger partial charge < -0.3 is 10.2 Å². The Hall–Kier alpha value is -1.73. The maximum atomic E-state index is 12.0. The lowest BCUT2D eigenvalue weighted by atomic mass is 10.1. The van der Waals surface area contributed by atoms with Gasteiger partial charge in [-0.1, -0.05) is 11.3 Å². The molecule has 124 valence electrons. The molecule has 6 nitrogen and oxygen atoms in total. The van der Waals surface area contributed by atoms with Crippen LogP contribution in [0.1, 0.15) is 20.8 Å². The zero-order chi connectivity index (χ0) is 16.4. The molecule has 2 aromatic heterocycles. The highest BCUT2D eigenvalue weighted by Gasteiger charge is 2.22. The van der Waals surface area contributed by atoms with Crippen molar-refractivity contribution in [2.45, 2.75) is 26.3 Å².